The summed E-state index contributed by atoms with van der Waals surface area (Å²) in [6, 6.07) is 27.4. The van der Waals surface area contributed by atoms with Gasteiger partial charge in [0.25, 0.3) is 0 Å². The predicted molar refractivity (Wildman–Crippen MR) is 297 cm³/mol. The van der Waals surface area contributed by atoms with E-state index in [-0.39, 0.29) is 55.0 Å². The molecule has 0 aliphatic heterocycles. The van der Waals surface area contributed by atoms with Gasteiger partial charge in [0.15, 0.2) is 0 Å². The zero-order chi connectivity index (χ0) is 59.6. The first kappa shape index (κ1) is 37.2. The molecule has 366 valence electrons. The maximum atomic E-state index is 9.28. The number of nitrogens with zero attached hydrogens (tertiary/aromatic N) is 4. The van der Waals surface area contributed by atoms with Crippen molar-refractivity contribution < 1.29 is 37.8 Å². The summed E-state index contributed by atoms with van der Waals surface area (Å²) in [7, 11) is 0. The van der Waals surface area contributed by atoms with Gasteiger partial charge in [-0.05, 0) is 45.9 Å². The Balaban J connectivity index is 1.18. The van der Waals surface area contributed by atoms with E-state index in [4.69, 9.17) is 17.9 Å². The first-order valence-electron chi connectivity index (χ1n) is 29.6. The number of hydrogen-bond donors (Lipinski definition) is 0. The molecule has 0 bridgehead atoms. The van der Waals surface area contributed by atoms with Crippen molar-refractivity contribution in [3.63, 3.8) is 0 Å². The standard InChI is InChI=1S/C66H66N4O.Pt/c1-42-31-32-67-60(33-42)70-57-38-48(28-29-52(57)53-39-54-55(40-58(53)70)65(10,11)66(12,13)64(54,8)9)71-49-35-46(63(5,6)7)34-47(37-49)68-41-69(56-30-27-45(36-59(56)68)62(2,3)4)61-50(43-21-16-14-17-22-43)25-20-26-51(61)44-23-18-15-19-24-44;/h14-40H,1-13H3;/i14D,15D,16D,17D,18D,19D,21D,22D,23D,24D;. The van der Waals surface area contributed by atoms with Crippen LogP contribution < -0.4 is 4.74 Å². The summed E-state index contributed by atoms with van der Waals surface area (Å²) >= 11 is 2.25. The number of ether oxygens (including phenoxy) is 1. The van der Waals surface area contributed by atoms with E-state index in [9.17, 15) is 5.48 Å². The van der Waals surface area contributed by atoms with E-state index in [1.165, 1.54) is 11.1 Å². The molecular weight excluding hydrogens is 1060 g/mol. The summed E-state index contributed by atoms with van der Waals surface area (Å²) in [5.74, 6) is 1.99. The third-order valence-electron chi connectivity index (χ3n) is 16.2. The SMILES string of the molecule is [2H]c1c([2H])c([2H])c(-c2cccc(-c3c([2H])c([2H])c([2H])c([2H])c3[2H])c2-n2[c](=[Pt])n(-c3cc(Oc4ccc5c6cc7c(cc6n(-c6cc(C)ccn6)c5c4)C(C)(C)C(C)(C)C7(C)C)cc(C(C)(C)C)c3)c3cc(C(C)(C)C)ccc32)c([2H])c1[2H]. The van der Waals surface area contributed by atoms with Gasteiger partial charge in [0, 0.05) is 6.20 Å². The van der Waals surface area contributed by atoms with Crippen LogP contribution in [0.3, 0.4) is 0 Å². The molecule has 0 unspecified atom stereocenters. The van der Waals surface area contributed by atoms with Gasteiger partial charge in [0.2, 0.25) is 0 Å². The fraction of sp³-hybridized carbons (Fsp3) is 0.273. The Kier molecular flexibility index (Phi) is 8.66. The van der Waals surface area contributed by atoms with E-state index in [1.807, 2.05) is 41.1 Å². The molecule has 6 heteroatoms. The molecule has 0 N–H and O–H groups in total. The number of benzene rings is 7. The van der Waals surface area contributed by atoms with Gasteiger partial charge in [-0.2, -0.15) is 0 Å². The van der Waals surface area contributed by atoms with E-state index >= 15 is 0 Å². The van der Waals surface area contributed by atoms with E-state index in [0.717, 1.165) is 55.5 Å². The number of para-hydroxylation sites is 1. The summed E-state index contributed by atoms with van der Waals surface area (Å²) in [4.78, 5) is 4.96. The van der Waals surface area contributed by atoms with E-state index in [1.54, 1.807) is 18.2 Å². The Labute approximate surface area is 450 Å². The molecule has 5 nitrogen and oxygen atoms in total. The van der Waals surface area contributed by atoms with E-state index in [0.29, 0.717) is 20.8 Å². The summed E-state index contributed by atoms with van der Waals surface area (Å²) in [6.45, 7) is 29.2. The van der Waals surface area contributed by atoms with E-state index < -0.39 is 60.4 Å². The molecule has 3 heterocycles. The Morgan fingerprint density at radius 2 is 1.15 bits per heavy atom. The Morgan fingerprint density at radius 1 is 0.542 bits per heavy atom. The third-order valence-corrected chi connectivity index (χ3v) is 17.2. The number of aromatic nitrogens is 4. The Morgan fingerprint density at radius 3 is 1.76 bits per heavy atom. The predicted octanol–water partition coefficient (Wildman–Crippen LogP) is 17.6. The van der Waals surface area contributed by atoms with E-state index in [2.05, 4.69) is 167 Å². The summed E-state index contributed by atoms with van der Waals surface area (Å²) in [5, 5.41) is 2.22. The monoisotopic (exact) mass is 1140 g/mol. The van der Waals surface area contributed by atoms with Crippen molar-refractivity contribution in [2.24, 2.45) is 5.41 Å². The van der Waals surface area contributed by atoms with Gasteiger partial charge in [-0.1, -0.05) is 41.5 Å². The van der Waals surface area contributed by atoms with Gasteiger partial charge in [0.1, 0.15) is 0 Å². The molecule has 0 saturated carbocycles. The third kappa shape index (κ3) is 7.52. The summed E-state index contributed by atoms with van der Waals surface area (Å²) < 4.78 is 103. The molecule has 10 aromatic rings. The molecule has 0 spiro atoms. The van der Waals surface area contributed by atoms with Crippen LogP contribution in [-0.4, -0.2) is 18.7 Å². The zero-order valence-electron chi connectivity index (χ0n) is 53.3. The molecule has 1 aliphatic carbocycles. The number of hydrogen-bond acceptors (Lipinski definition) is 2. The molecule has 0 saturated heterocycles. The molecule has 0 radical (unpaired) electrons. The van der Waals surface area contributed by atoms with Crippen LogP contribution in [0.5, 0.6) is 11.5 Å². The maximum absolute atomic E-state index is 9.28. The summed E-state index contributed by atoms with van der Waals surface area (Å²) in [5.41, 5.74) is 9.39. The van der Waals surface area contributed by atoms with Gasteiger partial charge < -0.3 is 0 Å². The van der Waals surface area contributed by atoms with Crippen molar-refractivity contribution in [2.45, 2.75) is 112 Å². The van der Waals surface area contributed by atoms with Gasteiger partial charge in [-0.25, -0.2) is 0 Å². The number of pyridine rings is 1. The Bertz CT molecular complexity index is 4330. The van der Waals surface area contributed by atoms with Crippen LogP contribution in [0.2, 0.25) is 0 Å². The van der Waals surface area contributed by atoms with Crippen LogP contribution in [0, 0.1) is 16.1 Å². The minimum atomic E-state index is -0.557. The molecule has 1 aliphatic rings. The fourth-order valence-electron chi connectivity index (χ4n) is 10.9. The number of imidazole rings is 1. The molecule has 3 aromatic heterocycles. The van der Waals surface area contributed by atoms with Crippen LogP contribution in [0.15, 0.2) is 164 Å². The molecule has 0 atom stereocenters. The van der Waals surface area contributed by atoms with Crippen molar-refractivity contribution in [3.05, 3.63) is 195 Å². The average molecular weight is 1140 g/mol. The molecule has 7 aromatic carbocycles. The van der Waals surface area contributed by atoms with Crippen molar-refractivity contribution in [3.8, 4) is 50.9 Å². The molecule has 72 heavy (non-hydrogen) atoms. The van der Waals surface area contributed by atoms with Gasteiger partial charge in [-0.3, -0.25) is 0 Å². The number of fused-ring (bicyclic) bond motifs is 5. The van der Waals surface area contributed by atoms with Crippen LogP contribution >= 0.6 is 0 Å². The van der Waals surface area contributed by atoms with Crippen molar-refractivity contribution >= 4 is 32.8 Å². The second-order valence-electron chi connectivity index (χ2n) is 23.1. The first-order chi connectivity index (χ1) is 38.2. The zero-order valence-corrected chi connectivity index (χ0v) is 45.6. The molecular formula is C66H66N4OPt. The fourth-order valence-corrected chi connectivity index (χ4v) is 12.0. The Hall–Kier alpha value is -6.55. The van der Waals surface area contributed by atoms with Crippen molar-refractivity contribution in [1.29, 1.82) is 0 Å². The van der Waals surface area contributed by atoms with Crippen LogP contribution in [0.4, 0.5) is 0 Å². The number of rotatable bonds is 7. The topological polar surface area (TPSA) is 36.9 Å². The molecule has 0 amide bonds. The van der Waals surface area contributed by atoms with Crippen molar-refractivity contribution in [2.75, 3.05) is 0 Å². The first-order valence-corrected chi connectivity index (χ1v) is 25.8. The van der Waals surface area contributed by atoms with Crippen LogP contribution in [0.1, 0.15) is 125 Å². The normalized spacial score (nSPS) is 17.1. The second kappa shape index (κ2) is 16.8. The van der Waals surface area contributed by atoms with Crippen LogP contribution in [-0.2, 0) is 41.0 Å². The second-order valence-corrected chi connectivity index (χ2v) is 24.1. The average Bonchev–Trinajstić information content (AvgIpc) is 1.70. The van der Waals surface area contributed by atoms with Gasteiger partial charge in [-0.15, -0.1) is 0 Å². The van der Waals surface area contributed by atoms with Crippen LogP contribution in [0.25, 0.3) is 72.3 Å². The van der Waals surface area contributed by atoms with Gasteiger partial charge >= 0.3 is 359 Å². The molecule has 11 rings (SSSR count). The quantitative estimate of drug-likeness (QED) is 0.159. The van der Waals surface area contributed by atoms with Crippen molar-refractivity contribution in [1.82, 2.24) is 18.7 Å². The molecule has 0 fully saturated rings. The summed E-state index contributed by atoms with van der Waals surface area (Å²) in [6.07, 6.45) is 1.86. The van der Waals surface area contributed by atoms with Gasteiger partial charge in [0.05, 0.1) is 0 Å². The number of aryl methyl sites for hydroxylation is 1. The minimum absolute atomic E-state index is 0.0271.